The van der Waals surface area contributed by atoms with Crippen LogP contribution in [0.2, 0.25) is 0 Å². The van der Waals surface area contributed by atoms with Crippen molar-refractivity contribution in [1.29, 1.82) is 0 Å². The normalized spacial score (nSPS) is 11.3. The average molecular weight is 406 g/mol. The van der Waals surface area contributed by atoms with Gasteiger partial charge in [-0.25, -0.2) is 4.98 Å². The highest BCUT2D eigenvalue weighted by molar-refractivity contribution is 7.22. The summed E-state index contributed by atoms with van der Waals surface area (Å²) < 4.78 is 1.22. The number of hydrogen-bond acceptors (Lipinski definition) is 2. The lowest BCUT2D eigenvalue weighted by atomic mass is 10.0. The third kappa shape index (κ3) is 3.67. The van der Waals surface area contributed by atoms with Crippen LogP contribution < -0.4 is 0 Å². The second kappa shape index (κ2) is 7.89. The van der Waals surface area contributed by atoms with E-state index in [4.69, 9.17) is 4.98 Å². The number of benzene rings is 3. The van der Waals surface area contributed by atoms with Gasteiger partial charge in [-0.1, -0.05) is 86.6 Å². The van der Waals surface area contributed by atoms with Crippen LogP contribution in [0.4, 0.5) is 0 Å². The molecule has 0 N–H and O–H groups in total. The Kier molecular flexibility index (Phi) is 4.94. The number of rotatable bonds is 4. The van der Waals surface area contributed by atoms with Crippen LogP contribution in [0.5, 0.6) is 0 Å². The van der Waals surface area contributed by atoms with Gasteiger partial charge in [-0.2, -0.15) is 0 Å². The van der Waals surface area contributed by atoms with E-state index in [1.807, 2.05) is 6.07 Å². The van der Waals surface area contributed by atoms with Gasteiger partial charge in [-0.3, -0.25) is 0 Å². The fourth-order valence-corrected chi connectivity index (χ4v) is 4.75. The number of fused-ring (bicyclic) bond motifs is 1. The van der Waals surface area contributed by atoms with Crippen LogP contribution in [-0.2, 0) is 0 Å². The SMILES string of the molecule is CC(C)c1ccc(-c2cc3nc(-c4cccc(-c5ccccc5)c4)ccc3s2)cc1. The van der Waals surface area contributed by atoms with Crippen LogP contribution in [0.25, 0.3) is 43.0 Å². The zero-order valence-corrected chi connectivity index (χ0v) is 18.0. The summed E-state index contributed by atoms with van der Waals surface area (Å²) in [5.41, 5.74) is 8.29. The van der Waals surface area contributed by atoms with Crippen LogP contribution in [0.1, 0.15) is 25.3 Å². The molecule has 0 radical (unpaired) electrons. The summed E-state index contributed by atoms with van der Waals surface area (Å²) in [6.45, 7) is 4.46. The van der Waals surface area contributed by atoms with E-state index >= 15 is 0 Å². The molecule has 0 saturated heterocycles. The Morgan fingerprint density at radius 3 is 2.13 bits per heavy atom. The predicted molar refractivity (Wildman–Crippen MR) is 130 cm³/mol. The molecule has 0 aliphatic carbocycles. The Balaban J connectivity index is 1.50. The molecule has 0 atom stereocenters. The van der Waals surface area contributed by atoms with Gasteiger partial charge in [-0.15, -0.1) is 11.3 Å². The molecule has 0 bridgehead atoms. The smallest absolute Gasteiger partial charge is 0.0823 e. The first-order valence-electron chi connectivity index (χ1n) is 10.3. The van der Waals surface area contributed by atoms with Crippen molar-refractivity contribution >= 4 is 21.6 Å². The topological polar surface area (TPSA) is 12.9 Å². The summed E-state index contributed by atoms with van der Waals surface area (Å²) in [6.07, 6.45) is 0. The number of hydrogen-bond donors (Lipinski definition) is 0. The van der Waals surface area contributed by atoms with E-state index in [1.165, 1.54) is 31.8 Å². The molecule has 1 nitrogen and oxygen atoms in total. The molecular formula is C28H23NS. The molecule has 5 rings (SSSR count). The van der Waals surface area contributed by atoms with E-state index in [9.17, 15) is 0 Å². The summed E-state index contributed by atoms with van der Waals surface area (Å²) in [5.74, 6) is 0.553. The van der Waals surface area contributed by atoms with Crippen molar-refractivity contribution < 1.29 is 0 Å². The summed E-state index contributed by atoms with van der Waals surface area (Å²) in [4.78, 5) is 6.25. The second-order valence-electron chi connectivity index (χ2n) is 7.91. The highest BCUT2D eigenvalue weighted by atomic mass is 32.1. The summed E-state index contributed by atoms with van der Waals surface area (Å²) in [6, 6.07) is 34.6. The molecule has 2 heterocycles. The Bertz CT molecular complexity index is 1300. The molecule has 3 aromatic carbocycles. The van der Waals surface area contributed by atoms with Crippen molar-refractivity contribution in [3.8, 4) is 32.8 Å². The minimum Gasteiger partial charge on any atom is -0.247 e. The first-order valence-corrected chi connectivity index (χ1v) is 11.2. The van der Waals surface area contributed by atoms with Gasteiger partial charge in [-0.05, 0) is 52.4 Å². The molecule has 0 fully saturated rings. The number of nitrogens with zero attached hydrogens (tertiary/aromatic N) is 1. The molecule has 5 aromatic rings. The first-order chi connectivity index (χ1) is 14.7. The lowest BCUT2D eigenvalue weighted by molar-refractivity contribution is 0.867. The van der Waals surface area contributed by atoms with Crippen LogP contribution in [0.3, 0.4) is 0 Å². The lowest BCUT2D eigenvalue weighted by Gasteiger charge is -2.05. The zero-order valence-electron chi connectivity index (χ0n) is 17.2. The van der Waals surface area contributed by atoms with Gasteiger partial charge >= 0.3 is 0 Å². The Morgan fingerprint density at radius 1 is 0.633 bits per heavy atom. The lowest BCUT2D eigenvalue weighted by Crippen LogP contribution is -1.85. The summed E-state index contributed by atoms with van der Waals surface area (Å²) >= 11 is 1.81. The number of pyridine rings is 1. The molecule has 0 saturated carbocycles. The maximum absolute atomic E-state index is 4.98. The van der Waals surface area contributed by atoms with E-state index in [-0.39, 0.29) is 0 Å². The second-order valence-corrected chi connectivity index (χ2v) is 9.00. The maximum atomic E-state index is 4.98. The number of aromatic nitrogens is 1. The van der Waals surface area contributed by atoms with E-state index < -0.39 is 0 Å². The van der Waals surface area contributed by atoms with Gasteiger partial charge in [0.25, 0.3) is 0 Å². The molecule has 2 heteroatoms. The van der Waals surface area contributed by atoms with Gasteiger partial charge in [0, 0.05) is 10.4 Å². The van der Waals surface area contributed by atoms with Gasteiger partial charge in [0.2, 0.25) is 0 Å². The van der Waals surface area contributed by atoms with Crippen molar-refractivity contribution in [3.05, 3.63) is 103 Å². The standard InChI is InChI=1S/C28H23NS/c1-19(2)20-11-13-22(14-12-20)28-18-26-27(30-28)16-15-25(29-26)24-10-6-9-23(17-24)21-7-4-3-5-8-21/h3-19H,1-2H3. The van der Waals surface area contributed by atoms with E-state index in [1.54, 1.807) is 11.3 Å². The quantitative estimate of drug-likeness (QED) is 0.292. The van der Waals surface area contributed by atoms with E-state index in [0.717, 1.165) is 16.8 Å². The largest absolute Gasteiger partial charge is 0.247 e. The van der Waals surface area contributed by atoms with Gasteiger partial charge in [0.1, 0.15) is 0 Å². The highest BCUT2D eigenvalue weighted by Gasteiger charge is 2.09. The van der Waals surface area contributed by atoms with E-state index in [0.29, 0.717) is 5.92 Å². The molecule has 0 aliphatic rings. The Hall–Kier alpha value is -3.23. The highest BCUT2D eigenvalue weighted by Crippen LogP contribution is 2.35. The van der Waals surface area contributed by atoms with Crippen LogP contribution >= 0.6 is 11.3 Å². The Labute approximate surface area is 181 Å². The third-order valence-corrected chi connectivity index (χ3v) is 6.64. The molecule has 0 amide bonds. The average Bonchev–Trinajstić information content (AvgIpc) is 3.23. The molecule has 0 aliphatic heterocycles. The van der Waals surface area contributed by atoms with Crippen molar-refractivity contribution in [1.82, 2.24) is 4.98 Å². The zero-order chi connectivity index (χ0) is 20.5. The Morgan fingerprint density at radius 2 is 1.37 bits per heavy atom. The summed E-state index contributed by atoms with van der Waals surface area (Å²) in [7, 11) is 0. The minimum atomic E-state index is 0.553. The molecule has 146 valence electrons. The van der Waals surface area contributed by atoms with Crippen molar-refractivity contribution in [2.24, 2.45) is 0 Å². The van der Waals surface area contributed by atoms with E-state index in [2.05, 4.69) is 105 Å². The summed E-state index contributed by atoms with van der Waals surface area (Å²) in [5, 5.41) is 0. The van der Waals surface area contributed by atoms with Crippen LogP contribution in [0, 0.1) is 0 Å². The molecule has 30 heavy (non-hydrogen) atoms. The molecular weight excluding hydrogens is 382 g/mol. The number of thiophene rings is 1. The fraction of sp³-hybridized carbons (Fsp3) is 0.107. The monoisotopic (exact) mass is 405 g/mol. The van der Waals surface area contributed by atoms with Crippen molar-refractivity contribution in [2.75, 3.05) is 0 Å². The predicted octanol–water partition coefficient (Wildman–Crippen LogP) is 8.42. The van der Waals surface area contributed by atoms with Crippen LogP contribution in [-0.4, -0.2) is 4.98 Å². The molecule has 2 aromatic heterocycles. The molecule has 0 spiro atoms. The third-order valence-electron chi connectivity index (χ3n) is 5.50. The van der Waals surface area contributed by atoms with Crippen molar-refractivity contribution in [2.45, 2.75) is 19.8 Å². The first kappa shape index (κ1) is 18.8. The van der Waals surface area contributed by atoms with Gasteiger partial charge in [0.15, 0.2) is 0 Å². The van der Waals surface area contributed by atoms with Crippen molar-refractivity contribution in [3.63, 3.8) is 0 Å². The fourth-order valence-electron chi connectivity index (χ4n) is 3.75. The van der Waals surface area contributed by atoms with Gasteiger partial charge in [0.05, 0.1) is 15.9 Å². The van der Waals surface area contributed by atoms with Gasteiger partial charge < -0.3 is 0 Å². The molecule has 0 unspecified atom stereocenters. The minimum absolute atomic E-state index is 0.553. The maximum Gasteiger partial charge on any atom is 0.0823 e. The van der Waals surface area contributed by atoms with Crippen LogP contribution in [0.15, 0.2) is 97.1 Å².